The molecule has 4 rings (SSSR count). The van der Waals surface area contributed by atoms with Gasteiger partial charge in [-0.05, 0) is 99.8 Å². The quantitative estimate of drug-likeness (QED) is 0.143. The van der Waals surface area contributed by atoms with Gasteiger partial charge >= 0.3 is 5.97 Å². The predicted octanol–water partition coefficient (Wildman–Crippen LogP) is 9.83. The van der Waals surface area contributed by atoms with Crippen LogP contribution < -0.4 is 0 Å². The second-order valence-corrected chi connectivity index (χ2v) is 13.6. The van der Waals surface area contributed by atoms with Crippen molar-refractivity contribution in [2.75, 3.05) is 5.75 Å². The number of carboxylic acids is 1. The molecule has 2 aromatic carbocycles. The molecule has 3 aromatic rings. The van der Waals surface area contributed by atoms with E-state index in [1.165, 1.54) is 16.7 Å². The van der Waals surface area contributed by atoms with Crippen LogP contribution in [-0.2, 0) is 21.3 Å². The molecule has 0 bridgehead atoms. The van der Waals surface area contributed by atoms with Gasteiger partial charge in [0.15, 0.2) is 0 Å². The van der Waals surface area contributed by atoms with Gasteiger partial charge in [0.25, 0.3) is 0 Å². The molecule has 4 nitrogen and oxygen atoms in total. The highest BCUT2D eigenvalue weighted by atomic mass is 35.5. The van der Waals surface area contributed by atoms with Crippen LogP contribution in [0, 0.1) is 5.41 Å². The third kappa shape index (κ3) is 8.80. The average Bonchev–Trinajstić information content (AvgIpc) is 3.73. The Morgan fingerprint density at radius 3 is 2.64 bits per heavy atom. The van der Waals surface area contributed by atoms with Crippen LogP contribution in [0.5, 0.6) is 0 Å². The molecule has 42 heavy (non-hydrogen) atoms. The van der Waals surface area contributed by atoms with E-state index >= 15 is 0 Å². The van der Waals surface area contributed by atoms with Crippen molar-refractivity contribution in [2.45, 2.75) is 70.7 Å². The van der Waals surface area contributed by atoms with Gasteiger partial charge in [0, 0.05) is 30.9 Å². The lowest BCUT2D eigenvalue weighted by atomic mass is 9.90. The number of hydrogen-bond donors (Lipinski definition) is 1. The molecule has 0 saturated heterocycles. The fraction of sp³-hybridized carbons (Fsp3) is 0.371. The molecule has 1 saturated carbocycles. The molecule has 1 aliphatic carbocycles. The molecule has 2 atom stereocenters. The summed E-state index contributed by atoms with van der Waals surface area (Å²) in [5, 5.41) is 11.5. The third-order valence-electron chi connectivity index (χ3n) is 8.07. The summed E-state index contributed by atoms with van der Waals surface area (Å²) >= 11 is 8.09. The Morgan fingerprint density at radius 1 is 1.21 bits per heavy atom. The van der Waals surface area contributed by atoms with Crippen LogP contribution in [0.15, 0.2) is 84.0 Å². The highest BCUT2D eigenvalue weighted by Crippen LogP contribution is 2.52. The SMILES string of the molecule is C/C=C(/C=C/c1ccc2ccc(Cl)cc2n1)\C=C(/C)C(CCc1ccccc1C(C)(C)OP)SCC1(CC(=O)O)CC1. The van der Waals surface area contributed by atoms with Gasteiger partial charge in [0.1, 0.15) is 0 Å². The number of fused-ring (bicyclic) bond motifs is 1. The first-order valence-corrected chi connectivity index (χ1v) is 16.3. The number of aliphatic carboxylic acids is 1. The van der Waals surface area contributed by atoms with Crippen LogP contribution in [0.4, 0.5) is 0 Å². The first kappa shape index (κ1) is 32.5. The molecule has 2 unspecified atom stereocenters. The van der Waals surface area contributed by atoms with E-state index in [0.29, 0.717) is 5.02 Å². The average molecular weight is 622 g/mol. The molecule has 222 valence electrons. The van der Waals surface area contributed by atoms with Gasteiger partial charge in [-0.1, -0.05) is 71.8 Å². The van der Waals surface area contributed by atoms with Crippen molar-refractivity contribution in [2.24, 2.45) is 5.41 Å². The summed E-state index contributed by atoms with van der Waals surface area (Å²) in [6.07, 6.45) is 12.6. The van der Waals surface area contributed by atoms with Crippen LogP contribution >= 0.6 is 32.8 Å². The largest absolute Gasteiger partial charge is 0.481 e. The Bertz CT molecular complexity index is 1510. The lowest BCUT2D eigenvalue weighted by Crippen LogP contribution is -2.20. The van der Waals surface area contributed by atoms with Gasteiger partial charge in [0.05, 0.1) is 23.2 Å². The summed E-state index contributed by atoms with van der Waals surface area (Å²) in [4.78, 5) is 16.3. The van der Waals surface area contributed by atoms with Gasteiger partial charge < -0.3 is 9.63 Å². The number of aromatic nitrogens is 1. The summed E-state index contributed by atoms with van der Waals surface area (Å²) < 4.78 is 5.73. The maximum absolute atomic E-state index is 11.5. The maximum atomic E-state index is 11.5. The van der Waals surface area contributed by atoms with Crippen LogP contribution in [0.25, 0.3) is 17.0 Å². The number of halogens is 1. The zero-order valence-electron chi connectivity index (χ0n) is 24.9. The van der Waals surface area contributed by atoms with Crippen LogP contribution in [0.3, 0.4) is 0 Å². The molecule has 0 radical (unpaired) electrons. The lowest BCUT2D eigenvalue weighted by Gasteiger charge is -2.27. The monoisotopic (exact) mass is 621 g/mol. The Balaban J connectivity index is 1.54. The summed E-state index contributed by atoms with van der Waals surface area (Å²) in [6, 6.07) is 18.3. The number of carbonyl (C=O) groups is 1. The molecule has 0 aliphatic heterocycles. The molecular weight excluding hydrogens is 581 g/mol. The number of benzene rings is 2. The zero-order valence-corrected chi connectivity index (χ0v) is 27.6. The highest BCUT2D eigenvalue weighted by Gasteiger charge is 2.44. The van der Waals surface area contributed by atoms with Crippen LogP contribution in [-0.4, -0.2) is 27.1 Å². The standard InChI is InChI=1S/C35H41ClNO3PS/c1-5-25(10-15-29-16-12-27-11-14-28(36)21-31(27)37-29)20-24(2)32(42-23-35(18-19-35)22-33(38)39)17-13-26-8-6-7-9-30(26)34(3,4)40-41/h5-12,14-16,20-21,32H,13,17-19,22-23,41H2,1-4H3,(H,38,39)/b15-10+,24-20+,25-5-. The van der Waals surface area contributed by atoms with Gasteiger partial charge in [-0.15, -0.1) is 0 Å². The molecule has 0 amide bonds. The van der Waals surface area contributed by atoms with Crippen LogP contribution in [0.2, 0.25) is 5.02 Å². The lowest BCUT2D eigenvalue weighted by molar-refractivity contribution is -0.138. The number of aryl methyl sites for hydroxylation is 1. The summed E-state index contributed by atoms with van der Waals surface area (Å²) in [5.41, 5.74) is 6.15. The van der Waals surface area contributed by atoms with Gasteiger partial charge in [-0.25, -0.2) is 4.98 Å². The summed E-state index contributed by atoms with van der Waals surface area (Å²) in [6.45, 7) is 8.42. The number of thioether (sulfide) groups is 1. The second-order valence-electron chi connectivity index (χ2n) is 11.8. The topological polar surface area (TPSA) is 59.4 Å². The van der Waals surface area contributed by atoms with E-state index in [4.69, 9.17) is 21.1 Å². The number of pyridine rings is 1. The van der Waals surface area contributed by atoms with Crippen LogP contribution in [0.1, 0.15) is 70.2 Å². The summed E-state index contributed by atoms with van der Waals surface area (Å²) in [7, 11) is 2.41. The summed E-state index contributed by atoms with van der Waals surface area (Å²) in [5.74, 6) is 0.165. The van der Waals surface area contributed by atoms with Crippen molar-refractivity contribution >= 4 is 55.8 Å². The fourth-order valence-corrected chi connectivity index (χ4v) is 7.08. The van der Waals surface area contributed by atoms with Gasteiger partial charge in [-0.3, -0.25) is 4.79 Å². The Labute approximate surface area is 262 Å². The molecule has 1 aromatic heterocycles. The molecule has 1 aliphatic rings. The maximum Gasteiger partial charge on any atom is 0.303 e. The van der Waals surface area contributed by atoms with Gasteiger partial charge in [0.2, 0.25) is 0 Å². The van der Waals surface area contributed by atoms with E-state index in [1.54, 1.807) is 0 Å². The number of nitrogens with zero attached hydrogens (tertiary/aromatic N) is 1. The van der Waals surface area contributed by atoms with Crippen molar-refractivity contribution < 1.29 is 14.4 Å². The van der Waals surface area contributed by atoms with Crippen molar-refractivity contribution in [3.63, 3.8) is 0 Å². The second kappa shape index (κ2) is 14.4. The Kier molecular flexibility index (Phi) is 11.1. The van der Waals surface area contributed by atoms with E-state index in [1.807, 2.05) is 49.0 Å². The Morgan fingerprint density at radius 2 is 1.95 bits per heavy atom. The van der Waals surface area contributed by atoms with Crippen molar-refractivity contribution in [3.8, 4) is 0 Å². The normalized spacial score (nSPS) is 16.2. The molecule has 1 fully saturated rings. The van der Waals surface area contributed by atoms with Crippen molar-refractivity contribution in [1.82, 2.24) is 4.98 Å². The number of allylic oxidation sites excluding steroid dienone is 4. The minimum Gasteiger partial charge on any atom is -0.481 e. The number of carboxylic acid groups (broad SMARTS) is 1. The highest BCUT2D eigenvalue weighted by molar-refractivity contribution is 8.00. The Hall–Kier alpha value is -2.43. The smallest absolute Gasteiger partial charge is 0.303 e. The minimum atomic E-state index is -0.698. The first-order valence-electron chi connectivity index (χ1n) is 14.4. The zero-order chi connectivity index (χ0) is 30.3. The van der Waals surface area contributed by atoms with E-state index in [0.717, 1.165) is 53.6 Å². The third-order valence-corrected chi connectivity index (χ3v) is 10.7. The molecule has 0 spiro atoms. The molecule has 1 heterocycles. The molecule has 7 heteroatoms. The van der Waals surface area contributed by atoms with E-state index in [2.05, 4.69) is 78.8 Å². The van der Waals surface area contributed by atoms with E-state index in [9.17, 15) is 9.90 Å². The predicted molar refractivity (Wildman–Crippen MR) is 182 cm³/mol. The molecular formula is C35H41ClNO3PS. The number of hydrogen-bond acceptors (Lipinski definition) is 4. The fourth-order valence-electron chi connectivity index (χ4n) is 5.23. The minimum absolute atomic E-state index is 0.0593. The molecule has 1 N–H and O–H groups in total. The number of rotatable bonds is 14. The first-order chi connectivity index (χ1) is 20.0. The van der Waals surface area contributed by atoms with Gasteiger partial charge in [-0.2, -0.15) is 11.8 Å². The van der Waals surface area contributed by atoms with Crippen molar-refractivity contribution in [3.05, 3.63) is 106 Å². The van der Waals surface area contributed by atoms with E-state index < -0.39 is 11.6 Å². The van der Waals surface area contributed by atoms with Crippen molar-refractivity contribution in [1.29, 1.82) is 0 Å². The van der Waals surface area contributed by atoms with E-state index in [-0.39, 0.29) is 17.1 Å².